The van der Waals surface area contributed by atoms with Gasteiger partial charge in [0, 0.05) is 18.7 Å². The maximum absolute atomic E-state index is 13.9. The number of carbonyl (C=O) groups excluding carboxylic acids is 1. The number of benzene rings is 2. The Labute approximate surface area is 200 Å². The number of halogens is 2. The van der Waals surface area contributed by atoms with Crippen LogP contribution in [-0.2, 0) is 9.53 Å². The summed E-state index contributed by atoms with van der Waals surface area (Å²) in [6.07, 6.45) is 1.50. The summed E-state index contributed by atoms with van der Waals surface area (Å²) in [5, 5.41) is 5.02. The molecule has 180 valence electrons. The number of anilines is 2. The number of aromatic nitrogens is 4. The number of fused-ring (bicyclic) bond motifs is 1. The molecule has 0 amide bonds. The Kier molecular flexibility index (Phi) is 6.02. The predicted octanol–water partition coefficient (Wildman–Crippen LogP) is 4.12. The van der Waals surface area contributed by atoms with Gasteiger partial charge in [-0.3, -0.25) is 4.79 Å². The molecule has 0 bridgehead atoms. The zero-order chi connectivity index (χ0) is 24.5. The summed E-state index contributed by atoms with van der Waals surface area (Å²) in [7, 11) is 0. The Hall–Kier alpha value is -4.08. The van der Waals surface area contributed by atoms with E-state index in [-0.39, 0.29) is 23.5 Å². The van der Waals surface area contributed by atoms with Crippen LogP contribution in [0.25, 0.3) is 28.0 Å². The first-order chi connectivity index (χ1) is 16.9. The van der Waals surface area contributed by atoms with Gasteiger partial charge in [0.15, 0.2) is 5.65 Å². The van der Waals surface area contributed by atoms with Crippen molar-refractivity contribution < 1.29 is 18.3 Å². The van der Waals surface area contributed by atoms with Crippen molar-refractivity contribution in [3.05, 3.63) is 60.2 Å². The molecule has 1 aliphatic heterocycles. The van der Waals surface area contributed by atoms with Gasteiger partial charge in [-0.1, -0.05) is 6.07 Å². The highest BCUT2D eigenvalue weighted by Crippen LogP contribution is 2.34. The maximum Gasteiger partial charge on any atom is 0.310 e. The zero-order valence-electron chi connectivity index (χ0n) is 19.1. The number of rotatable bonds is 5. The number of nitrogen functional groups attached to an aromatic ring is 1. The highest BCUT2D eigenvalue weighted by atomic mass is 19.1. The summed E-state index contributed by atoms with van der Waals surface area (Å²) in [6.45, 7) is 3.17. The molecule has 1 aliphatic rings. The molecule has 2 aromatic heterocycles. The smallest absolute Gasteiger partial charge is 0.310 e. The molecule has 5 rings (SSSR count). The van der Waals surface area contributed by atoms with Gasteiger partial charge in [-0.25, -0.2) is 18.4 Å². The monoisotopic (exact) mass is 478 g/mol. The molecule has 4 aromatic rings. The van der Waals surface area contributed by atoms with Crippen molar-refractivity contribution >= 4 is 28.8 Å². The third kappa shape index (κ3) is 4.39. The lowest BCUT2D eigenvalue weighted by Gasteiger charge is -2.31. The summed E-state index contributed by atoms with van der Waals surface area (Å²) >= 11 is 0. The minimum Gasteiger partial charge on any atom is -0.466 e. The van der Waals surface area contributed by atoms with E-state index in [1.807, 2.05) is 4.90 Å². The van der Waals surface area contributed by atoms with Crippen LogP contribution in [0.3, 0.4) is 0 Å². The molecule has 0 spiro atoms. The molecule has 1 fully saturated rings. The summed E-state index contributed by atoms with van der Waals surface area (Å²) in [4.78, 5) is 23.7. The van der Waals surface area contributed by atoms with Crippen LogP contribution in [0, 0.1) is 17.6 Å². The normalized spacial score (nSPS) is 16.0. The van der Waals surface area contributed by atoms with Crippen molar-refractivity contribution in [1.82, 2.24) is 19.7 Å². The van der Waals surface area contributed by atoms with E-state index in [2.05, 4.69) is 10.1 Å². The molecule has 8 nitrogen and oxygen atoms in total. The molecule has 2 aromatic carbocycles. The SMILES string of the molecule is CCOC(=O)C1CCCN(c2nc(-c3ccc(F)cc3)c3c(N)n(-c4cccc(F)c4)nc3n2)C1. The zero-order valence-corrected chi connectivity index (χ0v) is 19.1. The Morgan fingerprint density at radius 2 is 1.94 bits per heavy atom. The third-order valence-corrected chi connectivity index (χ3v) is 6.05. The van der Waals surface area contributed by atoms with Crippen LogP contribution < -0.4 is 10.6 Å². The van der Waals surface area contributed by atoms with Crippen LogP contribution in [-0.4, -0.2) is 45.4 Å². The number of nitrogens with zero attached hydrogens (tertiary/aromatic N) is 5. The van der Waals surface area contributed by atoms with Crippen LogP contribution in [0.15, 0.2) is 48.5 Å². The number of hydrogen-bond acceptors (Lipinski definition) is 7. The van der Waals surface area contributed by atoms with Gasteiger partial charge in [-0.2, -0.15) is 4.98 Å². The largest absolute Gasteiger partial charge is 0.466 e. The molecule has 1 unspecified atom stereocenters. The fourth-order valence-electron chi connectivity index (χ4n) is 4.37. The second-order valence-corrected chi connectivity index (χ2v) is 8.39. The number of carbonyl (C=O) groups is 1. The summed E-state index contributed by atoms with van der Waals surface area (Å²) in [5.41, 5.74) is 8.32. The van der Waals surface area contributed by atoms with E-state index in [4.69, 9.17) is 15.5 Å². The molecule has 1 atom stereocenters. The highest BCUT2D eigenvalue weighted by molar-refractivity contribution is 5.99. The van der Waals surface area contributed by atoms with Gasteiger partial charge >= 0.3 is 5.97 Å². The Morgan fingerprint density at radius 1 is 1.14 bits per heavy atom. The van der Waals surface area contributed by atoms with Crippen molar-refractivity contribution in [1.29, 1.82) is 0 Å². The van der Waals surface area contributed by atoms with Crippen molar-refractivity contribution in [2.45, 2.75) is 19.8 Å². The quantitative estimate of drug-likeness (QED) is 0.431. The van der Waals surface area contributed by atoms with E-state index in [1.54, 1.807) is 31.2 Å². The van der Waals surface area contributed by atoms with E-state index in [0.717, 1.165) is 12.8 Å². The molecule has 1 saturated heterocycles. The lowest BCUT2D eigenvalue weighted by molar-refractivity contribution is -0.148. The molecule has 2 N–H and O–H groups in total. The first-order valence-corrected chi connectivity index (χ1v) is 11.4. The Bertz CT molecular complexity index is 1390. The van der Waals surface area contributed by atoms with Crippen molar-refractivity contribution in [3.8, 4) is 16.9 Å². The van der Waals surface area contributed by atoms with E-state index in [1.165, 1.54) is 28.9 Å². The fourth-order valence-corrected chi connectivity index (χ4v) is 4.37. The average molecular weight is 479 g/mol. The van der Waals surface area contributed by atoms with Gasteiger partial charge in [0.05, 0.1) is 29.3 Å². The van der Waals surface area contributed by atoms with Gasteiger partial charge in [0.2, 0.25) is 5.95 Å². The van der Waals surface area contributed by atoms with Crippen molar-refractivity contribution in [2.75, 3.05) is 30.3 Å². The second kappa shape index (κ2) is 9.28. The summed E-state index contributed by atoms with van der Waals surface area (Å²) in [6, 6.07) is 11.8. The van der Waals surface area contributed by atoms with Gasteiger partial charge in [0.25, 0.3) is 0 Å². The number of esters is 1. The van der Waals surface area contributed by atoms with E-state index in [9.17, 15) is 13.6 Å². The van der Waals surface area contributed by atoms with E-state index in [0.29, 0.717) is 53.6 Å². The number of ether oxygens (including phenoxy) is 1. The van der Waals surface area contributed by atoms with Gasteiger partial charge in [-0.05, 0) is 62.2 Å². The fraction of sp³-hybridized carbons (Fsp3) is 0.280. The Balaban J connectivity index is 1.64. The number of piperidine rings is 1. The van der Waals surface area contributed by atoms with E-state index < -0.39 is 5.82 Å². The maximum atomic E-state index is 13.9. The van der Waals surface area contributed by atoms with Crippen molar-refractivity contribution in [2.24, 2.45) is 5.92 Å². The Morgan fingerprint density at radius 3 is 2.69 bits per heavy atom. The molecule has 0 saturated carbocycles. The molecule has 0 aliphatic carbocycles. The molecule has 0 radical (unpaired) electrons. The number of nitrogens with two attached hydrogens (primary N) is 1. The van der Waals surface area contributed by atoms with Crippen LogP contribution in [0.5, 0.6) is 0 Å². The van der Waals surface area contributed by atoms with Gasteiger partial charge < -0.3 is 15.4 Å². The first kappa shape index (κ1) is 22.7. The molecule has 35 heavy (non-hydrogen) atoms. The minimum atomic E-state index is -0.426. The minimum absolute atomic E-state index is 0.236. The lowest BCUT2D eigenvalue weighted by atomic mass is 9.98. The second-order valence-electron chi connectivity index (χ2n) is 8.39. The van der Waals surface area contributed by atoms with Gasteiger partial charge in [0.1, 0.15) is 17.5 Å². The topological polar surface area (TPSA) is 99.2 Å². The average Bonchev–Trinajstić information content (AvgIpc) is 3.20. The summed E-state index contributed by atoms with van der Waals surface area (Å²) in [5.74, 6) is -0.709. The van der Waals surface area contributed by atoms with Crippen LogP contribution in [0.1, 0.15) is 19.8 Å². The molecule has 10 heteroatoms. The van der Waals surface area contributed by atoms with Gasteiger partial charge in [-0.15, -0.1) is 5.10 Å². The first-order valence-electron chi connectivity index (χ1n) is 11.4. The molecular formula is C25H24F2N6O2. The van der Waals surface area contributed by atoms with E-state index >= 15 is 0 Å². The highest BCUT2D eigenvalue weighted by Gasteiger charge is 2.29. The molecule has 3 heterocycles. The lowest BCUT2D eigenvalue weighted by Crippen LogP contribution is -2.40. The van der Waals surface area contributed by atoms with Crippen molar-refractivity contribution in [3.63, 3.8) is 0 Å². The van der Waals surface area contributed by atoms with Crippen LogP contribution in [0.4, 0.5) is 20.5 Å². The standard InChI is InChI=1S/C25H24F2N6O2/c1-2-35-24(34)16-5-4-12-32(14-16)25-29-21(15-8-10-17(26)11-9-15)20-22(28)33(31-23(20)30-25)19-7-3-6-18(27)13-19/h3,6-11,13,16H,2,4-5,12,14,28H2,1H3. The van der Waals surface area contributed by atoms with Crippen LogP contribution in [0.2, 0.25) is 0 Å². The predicted molar refractivity (Wildman–Crippen MR) is 128 cm³/mol. The molecular weight excluding hydrogens is 454 g/mol. The number of hydrogen-bond donors (Lipinski definition) is 1. The third-order valence-electron chi connectivity index (χ3n) is 6.05. The summed E-state index contributed by atoms with van der Waals surface area (Å²) < 4.78 is 34.2. The van der Waals surface area contributed by atoms with Crippen LogP contribution >= 0.6 is 0 Å².